The molecule has 0 atom stereocenters. The summed E-state index contributed by atoms with van der Waals surface area (Å²) >= 11 is 5.81. The van der Waals surface area contributed by atoms with Gasteiger partial charge in [0.2, 0.25) is 0 Å². The first-order chi connectivity index (χ1) is 8.97. The molecule has 0 saturated carbocycles. The van der Waals surface area contributed by atoms with Gasteiger partial charge in [-0.25, -0.2) is 9.78 Å². The third kappa shape index (κ3) is 3.03. The van der Waals surface area contributed by atoms with Gasteiger partial charge in [-0.2, -0.15) is 0 Å². The van der Waals surface area contributed by atoms with Crippen molar-refractivity contribution < 1.29 is 9.90 Å². The van der Waals surface area contributed by atoms with Crippen molar-refractivity contribution in [2.75, 3.05) is 5.32 Å². The average molecular weight is 277 g/mol. The summed E-state index contributed by atoms with van der Waals surface area (Å²) in [5.41, 5.74) is 3.05. The number of halogens is 1. The maximum Gasteiger partial charge on any atom is 0.339 e. The molecule has 0 aliphatic carbocycles. The molecule has 0 spiro atoms. The minimum atomic E-state index is -1.04. The average Bonchev–Trinajstić information content (AvgIpc) is 2.32. The summed E-state index contributed by atoms with van der Waals surface area (Å²) in [6, 6.07) is 8.73. The molecule has 0 fully saturated rings. The van der Waals surface area contributed by atoms with Crippen molar-refractivity contribution in [3.05, 3.63) is 52.2 Å². The molecule has 0 radical (unpaired) electrons. The number of nitrogens with one attached hydrogen (secondary N) is 1. The zero-order valence-corrected chi connectivity index (χ0v) is 11.3. The van der Waals surface area contributed by atoms with E-state index in [1.807, 2.05) is 32.0 Å². The Labute approximate surface area is 116 Å². The number of pyridine rings is 1. The zero-order valence-electron chi connectivity index (χ0n) is 10.6. The van der Waals surface area contributed by atoms with Crippen LogP contribution in [0, 0.1) is 13.8 Å². The third-order valence-corrected chi connectivity index (χ3v) is 2.94. The molecule has 98 valence electrons. The summed E-state index contributed by atoms with van der Waals surface area (Å²) in [7, 11) is 0. The predicted molar refractivity (Wildman–Crippen MR) is 75.4 cm³/mol. The number of aromatic nitrogens is 1. The molecule has 19 heavy (non-hydrogen) atoms. The fraction of sp³-hybridized carbons (Fsp3) is 0.143. The molecule has 2 N–H and O–H groups in total. The summed E-state index contributed by atoms with van der Waals surface area (Å²) in [6.45, 7) is 3.94. The van der Waals surface area contributed by atoms with Crippen LogP contribution < -0.4 is 5.32 Å². The van der Waals surface area contributed by atoms with Crippen LogP contribution in [-0.4, -0.2) is 16.1 Å². The van der Waals surface area contributed by atoms with Crippen LogP contribution in [0.5, 0.6) is 0 Å². The third-order valence-electron chi connectivity index (χ3n) is 2.73. The second kappa shape index (κ2) is 5.28. The zero-order chi connectivity index (χ0) is 14.0. The van der Waals surface area contributed by atoms with Gasteiger partial charge in [-0.3, -0.25) is 0 Å². The predicted octanol–water partition coefficient (Wildman–Crippen LogP) is 3.79. The SMILES string of the molecule is Cc1ccc(Nc2nc(Cl)ccc2C(=O)O)c(C)c1. The number of benzene rings is 1. The Morgan fingerprint density at radius 3 is 2.63 bits per heavy atom. The van der Waals surface area contributed by atoms with E-state index in [-0.39, 0.29) is 16.5 Å². The minimum absolute atomic E-state index is 0.0874. The van der Waals surface area contributed by atoms with Crippen LogP contribution >= 0.6 is 11.6 Å². The van der Waals surface area contributed by atoms with Crippen molar-refractivity contribution in [1.29, 1.82) is 0 Å². The van der Waals surface area contributed by atoms with Gasteiger partial charge in [0.15, 0.2) is 0 Å². The number of carboxylic acids is 1. The smallest absolute Gasteiger partial charge is 0.339 e. The molecule has 0 bridgehead atoms. The van der Waals surface area contributed by atoms with E-state index in [9.17, 15) is 4.79 Å². The van der Waals surface area contributed by atoms with E-state index in [0.29, 0.717) is 0 Å². The van der Waals surface area contributed by atoms with Gasteiger partial charge >= 0.3 is 5.97 Å². The van der Waals surface area contributed by atoms with Crippen LogP contribution in [0.15, 0.2) is 30.3 Å². The van der Waals surface area contributed by atoms with Gasteiger partial charge in [0.1, 0.15) is 16.5 Å². The van der Waals surface area contributed by atoms with E-state index in [1.165, 1.54) is 12.1 Å². The quantitative estimate of drug-likeness (QED) is 0.837. The largest absolute Gasteiger partial charge is 0.478 e. The Bertz CT molecular complexity index is 641. The molecule has 1 aromatic carbocycles. The lowest BCUT2D eigenvalue weighted by atomic mass is 10.1. The number of nitrogens with zero attached hydrogens (tertiary/aromatic N) is 1. The Balaban J connectivity index is 2.42. The highest BCUT2D eigenvalue weighted by atomic mass is 35.5. The van der Waals surface area contributed by atoms with Gasteiger partial charge in [0, 0.05) is 5.69 Å². The van der Waals surface area contributed by atoms with E-state index in [1.54, 1.807) is 0 Å². The highest BCUT2D eigenvalue weighted by Gasteiger charge is 2.13. The molecular formula is C14H13ClN2O2. The maximum atomic E-state index is 11.1. The molecule has 0 amide bonds. The number of aryl methyl sites for hydroxylation is 2. The molecule has 2 rings (SSSR count). The first-order valence-corrected chi connectivity index (χ1v) is 6.09. The summed E-state index contributed by atoms with van der Waals surface area (Å²) in [5.74, 6) is -0.802. The van der Waals surface area contributed by atoms with E-state index in [0.717, 1.165) is 16.8 Å². The van der Waals surface area contributed by atoms with Crippen LogP contribution in [0.4, 0.5) is 11.5 Å². The molecule has 5 heteroatoms. The number of rotatable bonds is 3. The molecule has 1 aromatic heterocycles. The number of carboxylic acid groups (broad SMARTS) is 1. The summed E-state index contributed by atoms with van der Waals surface area (Å²) < 4.78 is 0. The fourth-order valence-corrected chi connectivity index (χ4v) is 1.93. The molecule has 4 nitrogen and oxygen atoms in total. The van der Waals surface area contributed by atoms with Crippen molar-refractivity contribution in [1.82, 2.24) is 4.98 Å². The molecule has 1 heterocycles. The number of anilines is 2. The van der Waals surface area contributed by atoms with Crippen LogP contribution in [-0.2, 0) is 0 Å². The van der Waals surface area contributed by atoms with Crippen molar-refractivity contribution in [2.45, 2.75) is 13.8 Å². The van der Waals surface area contributed by atoms with Gasteiger partial charge in [0.05, 0.1) is 0 Å². The highest BCUT2D eigenvalue weighted by Crippen LogP contribution is 2.24. The van der Waals surface area contributed by atoms with Gasteiger partial charge in [-0.15, -0.1) is 0 Å². The Hall–Kier alpha value is -2.07. The van der Waals surface area contributed by atoms with Crippen molar-refractivity contribution >= 4 is 29.1 Å². The normalized spacial score (nSPS) is 10.3. The number of hydrogen-bond acceptors (Lipinski definition) is 3. The summed E-state index contributed by atoms with van der Waals surface area (Å²) in [4.78, 5) is 15.2. The van der Waals surface area contributed by atoms with E-state index in [4.69, 9.17) is 16.7 Å². The molecule has 0 aliphatic heterocycles. The second-order valence-corrected chi connectivity index (χ2v) is 4.67. The first-order valence-electron chi connectivity index (χ1n) is 5.71. The molecule has 0 unspecified atom stereocenters. The lowest BCUT2D eigenvalue weighted by Crippen LogP contribution is -2.05. The van der Waals surface area contributed by atoms with Gasteiger partial charge < -0.3 is 10.4 Å². The molecule has 0 saturated heterocycles. The maximum absolute atomic E-state index is 11.1. The number of aromatic carboxylic acids is 1. The van der Waals surface area contributed by atoms with Gasteiger partial charge in [-0.1, -0.05) is 29.3 Å². The monoisotopic (exact) mass is 276 g/mol. The molecule has 0 aliphatic rings. The lowest BCUT2D eigenvalue weighted by Gasteiger charge is -2.11. The fourth-order valence-electron chi connectivity index (χ4n) is 1.78. The standard InChI is InChI=1S/C14H13ClN2O2/c1-8-3-5-11(9(2)7-8)16-13-10(14(18)19)4-6-12(15)17-13/h3-7H,1-2H3,(H,16,17)(H,18,19). The lowest BCUT2D eigenvalue weighted by molar-refractivity contribution is 0.0697. The first kappa shape index (κ1) is 13.4. The van der Waals surface area contributed by atoms with Crippen molar-refractivity contribution in [3.8, 4) is 0 Å². The van der Waals surface area contributed by atoms with Crippen LogP contribution in [0.25, 0.3) is 0 Å². The van der Waals surface area contributed by atoms with E-state index < -0.39 is 5.97 Å². The van der Waals surface area contributed by atoms with Gasteiger partial charge in [0.25, 0.3) is 0 Å². The topological polar surface area (TPSA) is 62.2 Å². The number of hydrogen-bond donors (Lipinski definition) is 2. The van der Waals surface area contributed by atoms with E-state index >= 15 is 0 Å². The Morgan fingerprint density at radius 1 is 1.26 bits per heavy atom. The van der Waals surface area contributed by atoms with E-state index in [2.05, 4.69) is 10.3 Å². The van der Waals surface area contributed by atoms with Crippen molar-refractivity contribution in [2.24, 2.45) is 0 Å². The highest BCUT2D eigenvalue weighted by molar-refractivity contribution is 6.29. The Morgan fingerprint density at radius 2 is 2.00 bits per heavy atom. The minimum Gasteiger partial charge on any atom is -0.478 e. The van der Waals surface area contributed by atoms with Gasteiger partial charge in [-0.05, 0) is 37.6 Å². The molecular weight excluding hydrogens is 264 g/mol. The Kier molecular flexibility index (Phi) is 3.71. The molecule has 2 aromatic rings. The van der Waals surface area contributed by atoms with Crippen LogP contribution in [0.2, 0.25) is 5.15 Å². The summed E-state index contributed by atoms with van der Waals surface area (Å²) in [5, 5.41) is 12.4. The summed E-state index contributed by atoms with van der Waals surface area (Å²) in [6.07, 6.45) is 0. The number of carbonyl (C=O) groups is 1. The van der Waals surface area contributed by atoms with Crippen LogP contribution in [0.1, 0.15) is 21.5 Å². The van der Waals surface area contributed by atoms with Crippen LogP contribution in [0.3, 0.4) is 0 Å². The van der Waals surface area contributed by atoms with Crippen molar-refractivity contribution in [3.63, 3.8) is 0 Å². The second-order valence-electron chi connectivity index (χ2n) is 4.28.